The summed E-state index contributed by atoms with van der Waals surface area (Å²) in [6.45, 7) is 0.592. The number of benzene rings is 2. The SMILES string of the molecule is O=C(O)C#CCNC(=O)CC1(CNC(=O)OCC2c3ccccc3-c3ccccc32)CCC1. The number of hydrogen-bond acceptors (Lipinski definition) is 4. The lowest BCUT2D eigenvalue weighted by Gasteiger charge is -2.41. The van der Waals surface area contributed by atoms with Crippen molar-refractivity contribution < 1.29 is 24.2 Å². The van der Waals surface area contributed by atoms with Gasteiger partial charge < -0.3 is 20.5 Å². The number of amides is 2. The average Bonchev–Trinajstić information content (AvgIpc) is 3.10. The standard InChI is InChI=1S/C26H26N2O5/c29-23(27-14-5-11-24(30)31)15-26(12-6-13-26)17-28-25(32)33-16-22-20-9-3-1-7-18(20)19-8-2-4-10-21(19)22/h1-4,7-10,22H,6,12-17H2,(H,27,29)(H,28,32)(H,30,31). The van der Waals surface area contributed by atoms with Gasteiger partial charge in [0.25, 0.3) is 0 Å². The van der Waals surface area contributed by atoms with Gasteiger partial charge in [0.05, 0.1) is 6.54 Å². The molecule has 0 aromatic heterocycles. The minimum Gasteiger partial charge on any atom is -0.472 e. The topological polar surface area (TPSA) is 105 Å². The van der Waals surface area contributed by atoms with E-state index >= 15 is 0 Å². The Morgan fingerprint density at radius 1 is 1.00 bits per heavy atom. The van der Waals surface area contributed by atoms with Gasteiger partial charge in [0.15, 0.2) is 0 Å². The molecule has 0 bridgehead atoms. The van der Waals surface area contributed by atoms with Crippen LogP contribution in [0, 0.1) is 17.3 Å². The summed E-state index contributed by atoms with van der Waals surface area (Å²) in [5.41, 5.74) is 4.37. The van der Waals surface area contributed by atoms with Crippen molar-refractivity contribution in [2.24, 2.45) is 5.41 Å². The fraction of sp³-hybridized carbons (Fsp3) is 0.346. The maximum Gasteiger partial charge on any atom is 0.407 e. The zero-order valence-electron chi connectivity index (χ0n) is 18.2. The Kier molecular flexibility index (Phi) is 6.64. The quantitative estimate of drug-likeness (QED) is 0.566. The summed E-state index contributed by atoms with van der Waals surface area (Å²) in [7, 11) is 0. The molecule has 2 amide bonds. The highest BCUT2D eigenvalue weighted by atomic mass is 16.5. The summed E-state index contributed by atoms with van der Waals surface area (Å²) in [6.07, 6.45) is 2.44. The van der Waals surface area contributed by atoms with Crippen LogP contribution in [0.5, 0.6) is 0 Å². The van der Waals surface area contributed by atoms with Gasteiger partial charge in [0, 0.05) is 24.8 Å². The number of aliphatic carboxylic acids is 1. The van der Waals surface area contributed by atoms with Crippen LogP contribution in [-0.4, -0.2) is 42.8 Å². The first-order chi connectivity index (χ1) is 16.0. The van der Waals surface area contributed by atoms with Crippen molar-refractivity contribution in [3.63, 3.8) is 0 Å². The van der Waals surface area contributed by atoms with E-state index in [2.05, 4.69) is 40.8 Å². The number of alkyl carbamates (subject to hydrolysis) is 1. The second-order valence-electron chi connectivity index (χ2n) is 8.59. The van der Waals surface area contributed by atoms with Crippen molar-refractivity contribution in [1.82, 2.24) is 10.6 Å². The number of ether oxygens (including phenoxy) is 1. The summed E-state index contributed by atoms with van der Waals surface area (Å²) in [6, 6.07) is 16.3. The summed E-state index contributed by atoms with van der Waals surface area (Å²) in [5.74, 6) is 2.90. The molecule has 0 atom stereocenters. The van der Waals surface area contributed by atoms with Gasteiger partial charge in [-0.3, -0.25) is 4.79 Å². The number of carboxylic acids is 1. The largest absolute Gasteiger partial charge is 0.472 e. The molecule has 0 heterocycles. The molecule has 0 unspecified atom stereocenters. The molecule has 1 fully saturated rings. The Balaban J connectivity index is 1.28. The van der Waals surface area contributed by atoms with Crippen molar-refractivity contribution in [2.45, 2.75) is 31.6 Å². The minimum atomic E-state index is -1.23. The third-order valence-electron chi connectivity index (χ3n) is 6.47. The van der Waals surface area contributed by atoms with Crippen LogP contribution in [-0.2, 0) is 14.3 Å². The van der Waals surface area contributed by atoms with E-state index in [0.717, 1.165) is 30.4 Å². The molecule has 0 aliphatic heterocycles. The van der Waals surface area contributed by atoms with Crippen molar-refractivity contribution in [3.05, 3.63) is 59.7 Å². The van der Waals surface area contributed by atoms with E-state index in [1.165, 1.54) is 11.1 Å². The van der Waals surface area contributed by atoms with Gasteiger partial charge in [0.1, 0.15) is 6.61 Å². The Morgan fingerprint density at radius 2 is 1.64 bits per heavy atom. The molecule has 3 N–H and O–H groups in total. The second kappa shape index (κ2) is 9.78. The highest BCUT2D eigenvalue weighted by Crippen LogP contribution is 2.45. The van der Waals surface area contributed by atoms with Crippen molar-refractivity contribution in [3.8, 4) is 23.0 Å². The normalized spacial score (nSPS) is 15.2. The van der Waals surface area contributed by atoms with E-state index in [-0.39, 0.29) is 36.8 Å². The predicted molar refractivity (Wildman–Crippen MR) is 122 cm³/mol. The van der Waals surface area contributed by atoms with Gasteiger partial charge in [-0.2, -0.15) is 0 Å². The van der Waals surface area contributed by atoms with Crippen molar-refractivity contribution in [2.75, 3.05) is 19.7 Å². The molecule has 2 aromatic rings. The highest BCUT2D eigenvalue weighted by Gasteiger charge is 2.39. The van der Waals surface area contributed by atoms with Gasteiger partial charge in [-0.25, -0.2) is 9.59 Å². The summed E-state index contributed by atoms with van der Waals surface area (Å²) in [4.78, 5) is 35.1. The molecule has 7 heteroatoms. The number of hydrogen-bond donors (Lipinski definition) is 3. The lowest BCUT2D eigenvalue weighted by Crippen LogP contribution is -2.45. The minimum absolute atomic E-state index is 0.00139. The maximum atomic E-state index is 12.5. The molecule has 1 saturated carbocycles. The molecule has 2 aromatic carbocycles. The average molecular weight is 447 g/mol. The van der Waals surface area contributed by atoms with Gasteiger partial charge in [-0.1, -0.05) is 60.9 Å². The highest BCUT2D eigenvalue weighted by molar-refractivity contribution is 5.86. The van der Waals surface area contributed by atoms with Crippen LogP contribution in [0.3, 0.4) is 0 Å². The number of carbonyl (C=O) groups is 3. The van der Waals surface area contributed by atoms with E-state index in [1.54, 1.807) is 0 Å². The summed E-state index contributed by atoms with van der Waals surface area (Å²) < 4.78 is 5.59. The third-order valence-corrected chi connectivity index (χ3v) is 6.47. The zero-order valence-corrected chi connectivity index (χ0v) is 18.2. The Labute approximate surface area is 192 Å². The Morgan fingerprint density at radius 3 is 2.21 bits per heavy atom. The van der Waals surface area contributed by atoms with Crippen LogP contribution >= 0.6 is 0 Å². The third kappa shape index (κ3) is 5.17. The number of carbonyl (C=O) groups excluding carboxylic acids is 2. The molecule has 0 radical (unpaired) electrons. The lowest BCUT2D eigenvalue weighted by atomic mass is 9.66. The van der Waals surface area contributed by atoms with Crippen molar-refractivity contribution >= 4 is 18.0 Å². The van der Waals surface area contributed by atoms with Crippen LogP contribution in [0.4, 0.5) is 4.79 Å². The van der Waals surface area contributed by atoms with Crippen LogP contribution in [0.15, 0.2) is 48.5 Å². The molecule has 33 heavy (non-hydrogen) atoms. The van der Waals surface area contributed by atoms with E-state index in [0.29, 0.717) is 6.54 Å². The lowest BCUT2D eigenvalue weighted by molar-refractivity contribution is -0.130. The van der Waals surface area contributed by atoms with Gasteiger partial charge in [0.2, 0.25) is 5.91 Å². The van der Waals surface area contributed by atoms with Crippen LogP contribution < -0.4 is 10.6 Å². The molecular formula is C26H26N2O5. The maximum absolute atomic E-state index is 12.5. The summed E-state index contributed by atoms with van der Waals surface area (Å²) >= 11 is 0. The van der Waals surface area contributed by atoms with E-state index < -0.39 is 12.1 Å². The van der Waals surface area contributed by atoms with Crippen molar-refractivity contribution in [1.29, 1.82) is 0 Å². The van der Waals surface area contributed by atoms with E-state index in [9.17, 15) is 14.4 Å². The molecule has 170 valence electrons. The molecule has 0 saturated heterocycles. The first-order valence-corrected chi connectivity index (χ1v) is 11.0. The number of fused-ring (bicyclic) bond motifs is 3. The molecular weight excluding hydrogens is 420 g/mol. The predicted octanol–water partition coefficient (Wildman–Crippen LogP) is 3.29. The van der Waals surface area contributed by atoms with Gasteiger partial charge in [-0.05, 0) is 40.5 Å². The zero-order chi connectivity index (χ0) is 23.3. The van der Waals surface area contributed by atoms with E-state index in [1.807, 2.05) is 30.2 Å². The Bertz CT molecular complexity index is 1080. The first kappa shape index (κ1) is 22.4. The number of rotatable bonds is 7. The van der Waals surface area contributed by atoms with E-state index in [4.69, 9.17) is 9.84 Å². The second-order valence-corrected chi connectivity index (χ2v) is 8.59. The van der Waals surface area contributed by atoms with Gasteiger partial charge in [-0.15, -0.1) is 0 Å². The molecule has 2 aliphatic rings. The smallest absolute Gasteiger partial charge is 0.407 e. The van der Waals surface area contributed by atoms with Crippen LogP contribution in [0.25, 0.3) is 11.1 Å². The molecule has 7 nitrogen and oxygen atoms in total. The van der Waals surface area contributed by atoms with Gasteiger partial charge >= 0.3 is 12.1 Å². The monoisotopic (exact) mass is 446 g/mol. The first-order valence-electron chi connectivity index (χ1n) is 11.0. The fourth-order valence-corrected chi connectivity index (χ4v) is 4.67. The fourth-order valence-electron chi connectivity index (χ4n) is 4.67. The van der Waals surface area contributed by atoms with Crippen LogP contribution in [0.1, 0.15) is 42.7 Å². The molecule has 4 rings (SSSR count). The summed E-state index contributed by atoms with van der Waals surface area (Å²) in [5, 5.41) is 14.0. The number of carboxylic acid groups (broad SMARTS) is 1. The molecule has 0 spiro atoms. The molecule has 2 aliphatic carbocycles. The van der Waals surface area contributed by atoms with Crippen LogP contribution in [0.2, 0.25) is 0 Å². The Hall–Kier alpha value is -3.79. The number of nitrogens with one attached hydrogen (secondary N) is 2.